The van der Waals surface area contributed by atoms with Gasteiger partial charge < -0.3 is 10.6 Å². The molecule has 1 aromatic carbocycles. The lowest BCUT2D eigenvalue weighted by molar-refractivity contribution is -0.114. The smallest absolute Gasteiger partial charge is 0.243 e. The molecule has 126 valence electrons. The van der Waals surface area contributed by atoms with Crippen molar-refractivity contribution in [1.29, 1.82) is 0 Å². The highest BCUT2D eigenvalue weighted by Crippen LogP contribution is 2.40. The average Bonchev–Trinajstić information content (AvgIpc) is 2.92. The first-order valence-electron chi connectivity index (χ1n) is 8.00. The van der Waals surface area contributed by atoms with Crippen molar-refractivity contribution in [3.8, 4) is 0 Å². The van der Waals surface area contributed by atoms with Crippen LogP contribution in [0.1, 0.15) is 26.2 Å². The molecule has 0 aromatic heterocycles. The quantitative estimate of drug-likeness (QED) is 0.874. The van der Waals surface area contributed by atoms with Gasteiger partial charge in [-0.05, 0) is 62.0 Å². The van der Waals surface area contributed by atoms with E-state index < -0.39 is 10.0 Å². The Kier molecular flexibility index (Phi) is 4.44. The van der Waals surface area contributed by atoms with Crippen molar-refractivity contribution in [2.75, 3.05) is 31.5 Å². The molecular weight excluding hydrogens is 314 g/mol. The van der Waals surface area contributed by atoms with E-state index in [0.29, 0.717) is 18.8 Å². The van der Waals surface area contributed by atoms with Gasteiger partial charge in [0.25, 0.3) is 0 Å². The summed E-state index contributed by atoms with van der Waals surface area (Å²) in [6.45, 7) is 4.58. The van der Waals surface area contributed by atoms with Crippen molar-refractivity contribution >= 4 is 21.6 Å². The van der Waals surface area contributed by atoms with Crippen LogP contribution in [0.2, 0.25) is 0 Å². The fourth-order valence-corrected chi connectivity index (χ4v) is 5.08. The van der Waals surface area contributed by atoms with E-state index in [1.165, 1.54) is 6.92 Å². The second kappa shape index (κ2) is 6.22. The molecule has 2 heterocycles. The summed E-state index contributed by atoms with van der Waals surface area (Å²) in [4.78, 5) is 11.3. The Morgan fingerprint density at radius 3 is 2.43 bits per heavy atom. The largest absolute Gasteiger partial charge is 0.326 e. The van der Waals surface area contributed by atoms with E-state index in [0.717, 1.165) is 32.4 Å². The van der Waals surface area contributed by atoms with Crippen LogP contribution in [0.3, 0.4) is 0 Å². The number of carbonyl (C=O) groups is 1. The number of carbonyl (C=O) groups excluding carboxylic acids is 1. The Hall–Kier alpha value is -1.44. The minimum absolute atomic E-state index is 0.147. The number of nitrogens with one attached hydrogen (secondary N) is 2. The monoisotopic (exact) mass is 337 g/mol. The summed E-state index contributed by atoms with van der Waals surface area (Å²) in [5.74, 6) is -0.173. The Balaban J connectivity index is 1.75. The highest BCUT2D eigenvalue weighted by atomic mass is 32.2. The number of rotatable bonds is 3. The van der Waals surface area contributed by atoms with E-state index in [9.17, 15) is 13.2 Å². The van der Waals surface area contributed by atoms with Gasteiger partial charge in [-0.3, -0.25) is 4.79 Å². The van der Waals surface area contributed by atoms with Crippen LogP contribution in [-0.4, -0.2) is 44.8 Å². The van der Waals surface area contributed by atoms with E-state index in [4.69, 9.17) is 0 Å². The van der Waals surface area contributed by atoms with Crippen LogP contribution >= 0.6 is 0 Å². The molecule has 0 unspecified atom stereocenters. The lowest BCUT2D eigenvalue weighted by Crippen LogP contribution is -2.39. The van der Waals surface area contributed by atoms with Gasteiger partial charge in [-0.15, -0.1) is 0 Å². The van der Waals surface area contributed by atoms with E-state index in [1.54, 1.807) is 28.6 Å². The average molecular weight is 337 g/mol. The fraction of sp³-hybridized carbons (Fsp3) is 0.562. The molecule has 0 radical (unpaired) electrons. The zero-order valence-electron chi connectivity index (χ0n) is 13.3. The van der Waals surface area contributed by atoms with Gasteiger partial charge in [-0.25, -0.2) is 8.42 Å². The zero-order valence-corrected chi connectivity index (χ0v) is 14.2. The summed E-state index contributed by atoms with van der Waals surface area (Å²) in [7, 11) is -3.46. The molecule has 0 atom stereocenters. The molecule has 2 fully saturated rings. The van der Waals surface area contributed by atoms with E-state index in [-0.39, 0.29) is 16.2 Å². The molecule has 7 heteroatoms. The number of hydrogen-bond acceptors (Lipinski definition) is 4. The number of hydrogen-bond donors (Lipinski definition) is 2. The molecule has 0 saturated carbocycles. The van der Waals surface area contributed by atoms with Crippen molar-refractivity contribution < 1.29 is 13.2 Å². The van der Waals surface area contributed by atoms with Gasteiger partial charge in [-0.1, -0.05) is 0 Å². The van der Waals surface area contributed by atoms with Crippen LogP contribution in [0.4, 0.5) is 5.69 Å². The maximum atomic E-state index is 12.8. The third-order valence-corrected chi connectivity index (χ3v) is 6.74. The molecule has 1 aromatic rings. The SMILES string of the molecule is CC(=O)Nc1ccc(S(=O)(=O)N2CCC3(CCNCC3)C2)cc1. The Bertz CT molecular complexity index is 679. The molecule has 0 aliphatic carbocycles. The van der Waals surface area contributed by atoms with Crippen LogP contribution in [-0.2, 0) is 14.8 Å². The van der Waals surface area contributed by atoms with E-state index in [2.05, 4.69) is 10.6 Å². The molecule has 6 nitrogen and oxygen atoms in total. The number of sulfonamides is 1. The summed E-state index contributed by atoms with van der Waals surface area (Å²) < 4.78 is 27.3. The van der Waals surface area contributed by atoms with Crippen molar-refractivity contribution in [2.45, 2.75) is 31.1 Å². The number of nitrogens with zero attached hydrogens (tertiary/aromatic N) is 1. The molecule has 2 aliphatic rings. The molecule has 3 rings (SSSR count). The van der Waals surface area contributed by atoms with Gasteiger partial charge >= 0.3 is 0 Å². The first-order chi connectivity index (χ1) is 10.9. The standard InChI is InChI=1S/C16H23N3O3S/c1-13(20)18-14-2-4-15(5-3-14)23(21,22)19-11-8-16(12-19)6-9-17-10-7-16/h2-5,17H,6-12H2,1H3,(H,18,20). The van der Waals surface area contributed by atoms with Crippen molar-refractivity contribution in [1.82, 2.24) is 9.62 Å². The van der Waals surface area contributed by atoms with Gasteiger partial charge in [0, 0.05) is 25.7 Å². The number of anilines is 1. The second-order valence-corrected chi connectivity index (χ2v) is 8.48. The summed E-state index contributed by atoms with van der Waals surface area (Å²) in [5.41, 5.74) is 0.752. The maximum absolute atomic E-state index is 12.8. The molecule has 23 heavy (non-hydrogen) atoms. The normalized spacial score (nSPS) is 21.4. The van der Waals surface area contributed by atoms with Crippen LogP contribution in [0.15, 0.2) is 29.2 Å². The fourth-order valence-electron chi connectivity index (χ4n) is 3.53. The van der Waals surface area contributed by atoms with E-state index >= 15 is 0 Å². The summed E-state index contributed by atoms with van der Waals surface area (Å²) in [5, 5.41) is 5.99. The minimum Gasteiger partial charge on any atom is -0.326 e. The van der Waals surface area contributed by atoms with Crippen molar-refractivity contribution in [3.63, 3.8) is 0 Å². The van der Waals surface area contributed by atoms with Gasteiger partial charge in [0.15, 0.2) is 0 Å². The Labute approximate surface area is 137 Å². The van der Waals surface area contributed by atoms with E-state index in [1.807, 2.05) is 0 Å². The summed E-state index contributed by atoms with van der Waals surface area (Å²) >= 11 is 0. The lowest BCUT2D eigenvalue weighted by atomic mass is 9.78. The minimum atomic E-state index is -3.46. The van der Waals surface area contributed by atoms with Gasteiger partial charge in [-0.2, -0.15) is 4.31 Å². The van der Waals surface area contributed by atoms with Crippen LogP contribution in [0, 0.1) is 5.41 Å². The Morgan fingerprint density at radius 1 is 1.17 bits per heavy atom. The van der Waals surface area contributed by atoms with Gasteiger partial charge in [0.05, 0.1) is 4.90 Å². The number of benzene rings is 1. The maximum Gasteiger partial charge on any atom is 0.243 e. The predicted octanol–water partition coefficient (Wildman–Crippen LogP) is 1.41. The van der Waals surface area contributed by atoms with Crippen molar-refractivity contribution in [2.24, 2.45) is 5.41 Å². The van der Waals surface area contributed by atoms with Crippen LogP contribution in [0.5, 0.6) is 0 Å². The second-order valence-electron chi connectivity index (χ2n) is 6.54. The predicted molar refractivity (Wildman–Crippen MR) is 88.7 cm³/mol. The first-order valence-corrected chi connectivity index (χ1v) is 9.44. The lowest BCUT2D eigenvalue weighted by Gasteiger charge is -2.33. The zero-order chi connectivity index (χ0) is 16.5. The highest BCUT2D eigenvalue weighted by Gasteiger charge is 2.43. The molecular formula is C16H23N3O3S. The van der Waals surface area contributed by atoms with Gasteiger partial charge in [0.1, 0.15) is 0 Å². The summed E-state index contributed by atoms with van der Waals surface area (Å²) in [6, 6.07) is 6.39. The topological polar surface area (TPSA) is 78.5 Å². The molecule has 1 amide bonds. The number of piperidine rings is 1. The van der Waals surface area contributed by atoms with Crippen molar-refractivity contribution in [3.05, 3.63) is 24.3 Å². The molecule has 1 spiro atoms. The molecule has 2 aliphatic heterocycles. The van der Waals surface area contributed by atoms with Gasteiger partial charge in [0.2, 0.25) is 15.9 Å². The number of amides is 1. The van der Waals surface area contributed by atoms with Crippen LogP contribution < -0.4 is 10.6 Å². The third kappa shape index (κ3) is 3.41. The van der Waals surface area contributed by atoms with Crippen LogP contribution in [0.25, 0.3) is 0 Å². The third-order valence-electron chi connectivity index (χ3n) is 4.88. The highest BCUT2D eigenvalue weighted by molar-refractivity contribution is 7.89. The molecule has 0 bridgehead atoms. The molecule has 2 saturated heterocycles. The summed E-state index contributed by atoms with van der Waals surface area (Å²) in [6.07, 6.45) is 3.03. The Morgan fingerprint density at radius 2 is 1.83 bits per heavy atom. The molecule has 2 N–H and O–H groups in total. The first kappa shape index (κ1) is 16.4.